The number of piperidine rings is 1. The second-order valence-corrected chi connectivity index (χ2v) is 8.46. The number of likely N-dealkylation sites (tertiary alicyclic amines) is 1. The number of benzene rings is 1. The Balaban J connectivity index is 1.67. The fraction of sp³-hybridized carbons (Fsp3) is 0.529. The number of nitro benzene ring substituents is 1. The third-order valence-electron chi connectivity index (χ3n) is 5.06. The van der Waals surface area contributed by atoms with E-state index in [1.54, 1.807) is 13.0 Å². The lowest BCUT2D eigenvalue weighted by molar-refractivity contribution is -0.387. The molecule has 4 rings (SSSR count). The van der Waals surface area contributed by atoms with Gasteiger partial charge in [-0.15, -0.1) is 0 Å². The van der Waals surface area contributed by atoms with Crippen LogP contribution in [-0.4, -0.2) is 57.0 Å². The molecule has 2 fully saturated rings. The molecule has 2 atom stereocenters. The Morgan fingerprint density at radius 2 is 2.11 bits per heavy atom. The molecule has 1 amide bonds. The third-order valence-corrected chi connectivity index (χ3v) is 6.60. The molecule has 3 aliphatic heterocycles. The maximum absolute atomic E-state index is 12.6. The molecule has 0 radical (unpaired) electrons. The molecule has 1 aromatic carbocycles. The molecule has 0 bridgehead atoms. The summed E-state index contributed by atoms with van der Waals surface area (Å²) in [7, 11) is -1.59. The van der Waals surface area contributed by atoms with E-state index in [4.69, 9.17) is 9.47 Å². The molecular weight excluding hydrogens is 374 g/mol. The van der Waals surface area contributed by atoms with Crippen molar-refractivity contribution in [2.75, 3.05) is 19.7 Å². The Kier molecular flexibility index (Phi) is 4.55. The Morgan fingerprint density at radius 3 is 2.70 bits per heavy atom. The number of rotatable bonds is 1. The number of ether oxygens (including phenoxy) is 2. The van der Waals surface area contributed by atoms with Gasteiger partial charge in [-0.2, -0.15) is 0 Å². The van der Waals surface area contributed by atoms with Gasteiger partial charge in [0.15, 0.2) is 5.79 Å². The van der Waals surface area contributed by atoms with Crippen molar-refractivity contribution in [3.8, 4) is 0 Å². The summed E-state index contributed by atoms with van der Waals surface area (Å²) >= 11 is 0. The summed E-state index contributed by atoms with van der Waals surface area (Å²) < 4.78 is 22.6. The van der Waals surface area contributed by atoms with Gasteiger partial charge in [-0.1, -0.05) is 0 Å². The van der Waals surface area contributed by atoms with Crippen molar-refractivity contribution in [2.24, 2.45) is 0 Å². The minimum absolute atomic E-state index is 0.0452. The SMILES string of the molecule is Cc1cc2c(c([N+](=O)[O-])c1)S(O)=C(N1CCC3(CC1)OC[C@H](C)O3)NC2=O. The van der Waals surface area contributed by atoms with Crippen LogP contribution in [-0.2, 0) is 9.47 Å². The van der Waals surface area contributed by atoms with E-state index < -0.39 is 27.4 Å². The average molecular weight is 395 g/mol. The molecule has 1 spiro atoms. The van der Waals surface area contributed by atoms with Crippen LogP contribution in [0.4, 0.5) is 5.69 Å². The van der Waals surface area contributed by atoms with E-state index in [2.05, 4.69) is 5.32 Å². The van der Waals surface area contributed by atoms with Gasteiger partial charge in [-0.3, -0.25) is 19.8 Å². The largest absolute Gasteiger partial charge is 0.347 e. The van der Waals surface area contributed by atoms with Gasteiger partial charge >= 0.3 is 0 Å². The number of hydrogen-bond donors (Lipinski definition) is 2. The van der Waals surface area contributed by atoms with Crippen LogP contribution in [0.5, 0.6) is 0 Å². The summed E-state index contributed by atoms with van der Waals surface area (Å²) in [4.78, 5) is 25.4. The number of carbonyl (C=O) groups is 1. The molecule has 2 N–H and O–H groups in total. The highest BCUT2D eigenvalue weighted by atomic mass is 32.2. The van der Waals surface area contributed by atoms with E-state index in [0.717, 1.165) is 0 Å². The van der Waals surface area contributed by atoms with Gasteiger partial charge in [-0.25, -0.2) is 0 Å². The first-order valence-electron chi connectivity index (χ1n) is 8.77. The number of hydrogen-bond acceptors (Lipinski definition) is 7. The van der Waals surface area contributed by atoms with E-state index in [9.17, 15) is 19.5 Å². The maximum Gasteiger partial charge on any atom is 0.285 e. The second kappa shape index (κ2) is 6.64. The van der Waals surface area contributed by atoms with E-state index in [0.29, 0.717) is 43.2 Å². The molecule has 146 valence electrons. The van der Waals surface area contributed by atoms with Gasteiger partial charge in [0.05, 0.1) is 23.2 Å². The van der Waals surface area contributed by atoms with Crippen molar-refractivity contribution in [3.05, 3.63) is 33.4 Å². The van der Waals surface area contributed by atoms with Gasteiger partial charge in [0.25, 0.3) is 11.6 Å². The van der Waals surface area contributed by atoms with E-state index in [-0.39, 0.29) is 22.3 Å². The molecule has 3 aliphatic rings. The van der Waals surface area contributed by atoms with Crippen molar-refractivity contribution in [1.82, 2.24) is 10.2 Å². The molecule has 0 aromatic heterocycles. The van der Waals surface area contributed by atoms with Crippen molar-refractivity contribution in [1.29, 1.82) is 0 Å². The molecule has 2 saturated heterocycles. The van der Waals surface area contributed by atoms with Crippen LogP contribution < -0.4 is 5.32 Å². The van der Waals surface area contributed by atoms with Gasteiger partial charge < -0.3 is 19.3 Å². The number of fused-ring (bicyclic) bond motifs is 1. The zero-order valence-electron chi connectivity index (χ0n) is 15.1. The fourth-order valence-electron chi connectivity index (χ4n) is 3.79. The number of amides is 1. The van der Waals surface area contributed by atoms with Crippen LogP contribution >= 0.6 is 10.8 Å². The first-order chi connectivity index (χ1) is 12.8. The lowest BCUT2D eigenvalue weighted by Crippen LogP contribution is -2.53. The number of carbonyl (C=O) groups excluding carboxylic acids is 1. The molecule has 0 saturated carbocycles. The molecule has 9 nitrogen and oxygen atoms in total. The van der Waals surface area contributed by atoms with Gasteiger partial charge in [-0.05, 0) is 25.5 Å². The second-order valence-electron chi connectivity index (χ2n) is 7.10. The minimum atomic E-state index is -1.59. The van der Waals surface area contributed by atoms with Gasteiger partial charge in [0.2, 0.25) is 0 Å². The highest BCUT2D eigenvalue weighted by Crippen LogP contribution is 2.41. The first kappa shape index (κ1) is 18.5. The molecule has 27 heavy (non-hydrogen) atoms. The summed E-state index contributed by atoms with van der Waals surface area (Å²) in [5, 5.41) is 14.5. The molecule has 0 aliphatic carbocycles. The predicted octanol–water partition coefficient (Wildman–Crippen LogP) is 2.06. The normalized spacial score (nSPS) is 27.5. The zero-order valence-corrected chi connectivity index (χ0v) is 15.9. The van der Waals surface area contributed by atoms with Gasteiger partial charge in [0.1, 0.15) is 10.0 Å². The maximum atomic E-state index is 12.6. The molecule has 10 heteroatoms. The number of nitrogens with zero attached hydrogens (tertiary/aromatic N) is 2. The summed E-state index contributed by atoms with van der Waals surface area (Å²) in [5.41, 5.74) is 0.523. The highest BCUT2D eigenvalue weighted by molar-refractivity contribution is 8.11. The van der Waals surface area contributed by atoms with Crippen molar-refractivity contribution in [2.45, 2.75) is 43.5 Å². The van der Waals surface area contributed by atoms with Crippen LogP contribution in [0, 0.1) is 17.0 Å². The summed E-state index contributed by atoms with van der Waals surface area (Å²) in [5.74, 6) is -1.04. The van der Waals surface area contributed by atoms with Crippen LogP contribution in [0.1, 0.15) is 35.7 Å². The molecule has 1 unspecified atom stereocenters. The van der Waals surface area contributed by atoms with Crippen LogP contribution in [0.2, 0.25) is 0 Å². The standard InChI is InChI=1S/C17H21N3O6S/c1-10-7-12-14(13(8-10)20(22)23)27(24)16(18-15(12)21)19-5-3-17(4-6-19)25-9-11(2)26-17/h7-8,11,24H,3-6,9H2,1-2H3,(H,18,21)/t11-,27?/m0/s1. The van der Waals surface area contributed by atoms with E-state index in [1.165, 1.54) is 6.07 Å². The zero-order chi connectivity index (χ0) is 19.3. The lowest BCUT2D eigenvalue weighted by Gasteiger charge is -2.39. The third kappa shape index (κ3) is 3.17. The quantitative estimate of drug-likeness (QED) is 0.425. The number of nitrogens with one attached hydrogen (secondary N) is 1. The predicted molar refractivity (Wildman–Crippen MR) is 98.8 cm³/mol. The summed E-state index contributed by atoms with van der Waals surface area (Å²) in [6, 6.07) is 2.95. The Labute approximate surface area is 158 Å². The van der Waals surface area contributed by atoms with Crippen molar-refractivity contribution >= 4 is 27.5 Å². The molecular formula is C17H21N3O6S. The topological polar surface area (TPSA) is 114 Å². The van der Waals surface area contributed by atoms with Crippen molar-refractivity contribution in [3.63, 3.8) is 0 Å². The smallest absolute Gasteiger partial charge is 0.285 e. The highest BCUT2D eigenvalue weighted by Gasteiger charge is 2.44. The van der Waals surface area contributed by atoms with E-state index in [1.807, 2.05) is 11.8 Å². The Morgan fingerprint density at radius 1 is 1.41 bits per heavy atom. The fourth-order valence-corrected chi connectivity index (χ4v) is 5.29. The van der Waals surface area contributed by atoms with Crippen molar-refractivity contribution < 1.29 is 23.7 Å². The van der Waals surface area contributed by atoms with Crippen LogP contribution in [0.15, 0.2) is 17.0 Å². The van der Waals surface area contributed by atoms with E-state index >= 15 is 0 Å². The monoisotopic (exact) mass is 395 g/mol. The van der Waals surface area contributed by atoms with Gasteiger partial charge in [0, 0.05) is 42.8 Å². The molecule has 1 aromatic rings. The van der Waals surface area contributed by atoms with Crippen LogP contribution in [0.3, 0.4) is 0 Å². The Bertz CT molecular complexity index is 862. The number of aryl methyl sites for hydroxylation is 1. The summed E-state index contributed by atoms with van der Waals surface area (Å²) in [6.07, 6.45) is 1.23. The lowest BCUT2D eigenvalue weighted by atomic mass is 10.0. The number of nitro groups is 1. The minimum Gasteiger partial charge on any atom is -0.347 e. The Hall–Kier alpha value is -1.85. The summed E-state index contributed by atoms with van der Waals surface area (Å²) in [6.45, 7) is 5.22. The average Bonchev–Trinajstić information content (AvgIpc) is 2.98. The van der Waals surface area contributed by atoms with Crippen LogP contribution in [0.25, 0.3) is 0 Å². The molecule has 3 heterocycles. The first-order valence-corrected chi connectivity index (χ1v) is 9.95.